The van der Waals surface area contributed by atoms with E-state index in [1.54, 1.807) is 6.20 Å². The molecule has 1 aromatic heterocycles. The van der Waals surface area contributed by atoms with Crippen LogP contribution in [-0.4, -0.2) is 54.5 Å². The van der Waals surface area contributed by atoms with Gasteiger partial charge in [-0.05, 0) is 18.4 Å². The number of piperidine rings is 1. The zero-order valence-electron chi connectivity index (χ0n) is 16.1. The third kappa shape index (κ3) is 3.75. The molecule has 6 nitrogen and oxygen atoms in total. The Morgan fingerprint density at radius 1 is 1.11 bits per heavy atom. The van der Waals surface area contributed by atoms with E-state index in [1.165, 1.54) is 5.56 Å². The summed E-state index contributed by atoms with van der Waals surface area (Å²) in [4.78, 5) is 28.0. The Balaban J connectivity index is 1.40. The Morgan fingerprint density at radius 2 is 1.85 bits per heavy atom. The van der Waals surface area contributed by atoms with Crippen molar-refractivity contribution in [2.45, 2.75) is 25.8 Å². The van der Waals surface area contributed by atoms with Crippen molar-refractivity contribution in [3.8, 4) is 0 Å². The van der Waals surface area contributed by atoms with Crippen LogP contribution in [0.25, 0.3) is 0 Å². The quantitative estimate of drug-likeness (QED) is 0.833. The minimum atomic E-state index is 0.120. The summed E-state index contributed by atoms with van der Waals surface area (Å²) < 4.78 is 0. The van der Waals surface area contributed by atoms with E-state index in [4.69, 9.17) is 4.98 Å². The fourth-order valence-corrected chi connectivity index (χ4v) is 4.19. The maximum absolute atomic E-state index is 12.6. The number of hydrogen-bond acceptors (Lipinski definition) is 5. The topological polar surface area (TPSA) is 52.6 Å². The molecule has 1 spiro atoms. The molecule has 4 rings (SSSR count). The van der Waals surface area contributed by atoms with Gasteiger partial charge in [0.25, 0.3) is 0 Å². The highest BCUT2D eigenvalue weighted by molar-refractivity contribution is 5.79. The zero-order valence-corrected chi connectivity index (χ0v) is 16.1. The minimum Gasteiger partial charge on any atom is -0.361 e. The summed E-state index contributed by atoms with van der Waals surface area (Å²) in [6.45, 7) is 3.45. The summed E-state index contributed by atoms with van der Waals surface area (Å²) in [6.07, 6.45) is 6.35. The average Bonchev–Trinajstić information content (AvgIpc) is 2.98. The summed E-state index contributed by atoms with van der Waals surface area (Å²) in [7, 11) is 3.95. The molecule has 0 saturated carbocycles. The van der Waals surface area contributed by atoms with Gasteiger partial charge in [0.1, 0.15) is 11.6 Å². The van der Waals surface area contributed by atoms with Crippen molar-refractivity contribution >= 4 is 17.5 Å². The smallest absolute Gasteiger partial charge is 0.223 e. The molecule has 6 heteroatoms. The van der Waals surface area contributed by atoms with E-state index in [1.807, 2.05) is 48.3 Å². The van der Waals surface area contributed by atoms with Gasteiger partial charge in [0.2, 0.25) is 5.91 Å². The molecule has 2 saturated heterocycles. The fraction of sp³-hybridized carbons (Fsp3) is 0.476. The SMILES string of the molecule is CN(C)c1cncc(N2CCC3(CC2)CC(=O)N(Cc2ccccc2)C3)n1. The van der Waals surface area contributed by atoms with E-state index >= 15 is 0 Å². The van der Waals surface area contributed by atoms with Crippen LogP contribution in [0.3, 0.4) is 0 Å². The van der Waals surface area contributed by atoms with Crippen LogP contribution < -0.4 is 9.80 Å². The van der Waals surface area contributed by atoms with E-state index in [0.29, 0.717) is 12.3 Å². The van der Waals surface area contributed by atoms with Crippen molar-refractivity contribution in [1.82, 2.24) is 14.9 Å². The van der Waals surface area contributed by atoms with Crippen LogP contribution in [0.5, 0.6) is 0 Å². The Labute approximate surface area is 160 Å². The van der Waals surface area contributed by atoms with Gasteiger partial charge in [0, 0.05) is 52.1 Å². The Kier molecular flexibility index (Phi) is 4.72. The predicted octanol–water partition coefficient (Wildman–Crippen LogP) is 2.56. The molecule has 0 bridgehead atoms. The molecular weight excluding hydrogens is 338 g/mol. The van der Waals surface area contributed by atoms with E-state index in [2.05, 4.69) is 22.0 Å². The Morgan fingerprint density at radius 3 is 2.56 bits per heavy atom. The van der Waals surface area contributed by atoms with Gasteiger partial charge in [-0.15, -0.1) is 0 Å². The van der Waals surface area contributed by atoms with Crippen LogP contribution in [0.15, 0.2) is 42.7 Å². The first kappa shape index (κ1) is 17.8. The first-order valence-corrected chi connectivity index (χ1v) is 9.61. The van der Waals surface area contributed by atoms with E-state index in [-0.39, 0.29) is 5.41 Å². The standard InChI is InChI=1S/C21H27N5O/c1-24(2)18-13-22-14-19(23-18)25-10-8-21(9-11-25)12-20(27)26(16-21)15-17-6-4-3-5-7-17/h3-7,13-14H,8-12,15-16H2,1-2H3. The monoisotopic (exact) mass is 365 g/mol. The highest BCUT2D eigenvalue weighted by Gasteiger charge is 2.44. The number of likely N-dealkylation sites (tertiary alicyclic amines) is 1. The van der Waals surface area contributed by atoms with Gasteiger partial charge < -0.3 is 14.7 Å². The Hall–Kier alpha value is -2.63. The molecule has 0 N–H and O–H groups in total. The highest BCUT2D eigenvalue weighted by Crippen LogP contribution is 2.42. The van der Waals surface area contributed by atoms with Crippen molar-refractivity contribution in [2.24, 2.45) is 5.41 Å². The van der Waals surface area contributed by atoms with Gasteiger partial charge >= 0.3 is 0 Å². The van der Waals surface area contributed by atoms with E-state index < -0.39 is 0 Å². The van der Waals surface area contributed by atoms with Gasteiger partial charge in [-0.3, -0.25) is 9.78 Å². The predicted molar refractivity (Wildman–Crippen MR) is 107 cm³/mol. The number of benzene rings is 1. The summed E-state index contributed by atoms with van der Waals surface area (Å²) >= 11 is 0. The number of amides is 1. The lowest BCUT2D eigenvalue weighted by molar-refractivity contribution is -0.128. The molecule has 142 valence electrons. The van der Waals surface area contributed by atoms with Crippen molar-refractivity contribution in [3.63, 3.8) is 0 Å². The maximum Gasteiger partial charge on any atom is 0.223 e. The zero-order chi connectivity index (χ0) is 18.9. The first-order valence-electron chi connectivity index (χ1n) is 9.61. The van der Waals surface area contributed by atoms with Crippen molar-refractivity contribution in [2.75, 3.05) is 43.5 Å². The highest BCUT2D eigenvalue weighted by atomic mass is 16.2. The summed E-state index contributed by atoms with van der Waals surface area (Å²) in [5.41, 5.74) is 1.32. The number of nitrogens with zero attached hydrogens (tertiary/aromatic N) is 5. The molecule has 0 aliphatic carbocycles. The van der Waals surface area contributed by atoms with Crippen LogP contribution >= 0.6 is 0 Å². The van der Waals surface area contributed by atoms with Gasteiger partial charge in [-0.2, -0.15) is 0 Å². The number of aromatic nitrogens is 2. The fourth-order valence-electron chi connectivity index (χ4n) is 4.19. The molecule has 2 aliphatic rings. The van der Waals surface area contributed by atoms with Crippen molar-refractivity contribution in [1.29, 1.82) is 0 Å². The summed E-state index contributed by atoms with van der Waals surface area (Å²) in [5.74, 6) is 2.10. The normalized spacial score (nSPS) is 19.0. The third-order valence-electron chi connectivity index (χ3n) is 5.84. The lowest BCUT2D eigenvalue weighted by Gasteiger charge is -2.39. The number of rotatable bonds is 4. The van der Waals surface area contributed by atoms with Crippen LogP contribution in [0.2, 0.25) is 0 Å². The lowest BCUT2D eigenvalue weighted by atomic mass is 9.77. The van der Waals surface area contributed by atoms with Crippen molar-refractivity contribution < 1.29 is 4.79 Å². The number of carbonyl (C=O) groups is 1. The molecular formula is C21H27N5O. The molecule has 27 heavy (non-hydrogen) atoms. The van der Waals surface area contributed by atoms with Crippen LogP contribution in [0.1, 0.15) is 24.8 Å². The van der Waals surface area contributed by atoms with Crippen molar-refractivity contribution in [3.05, 3.63) is 48.3 Å². The molecule has 1 aromatic carbocycles. The molecule has 2 aromatic rings. The van der Waals surface area contributed by atoms with Gasteiger partial charge in [0.05, 0.1) is 12.4 Å². The Bertz CT molecular complexity index is 799. The second kappa shape index (κ2) is 7.18. The number of carbonyl (C=O) groups excluding carboxylic acids is 1. The molecule has 2 aliphatic heterocycles. The first-order chi connectivity index (χ1) is 13.0. The molecule has 0 radical (unpaired) electrons. The molecule has 1 amide bonds. The second-order valence-electron chi connectivity index (χ2n) is 8.03. The van der Waals surface area contributed by atoms with E-state index in [0.717, 1.165) is 50.7 Å². The lowest BCUT2D eigenvalue weighted by Crippen LogP contribution is -2.42. The maximum atomic E-state index is 12.6. The minimum absolute atomic E-state index is 0.120. The number of anilines is 2. The van der Waals surface area contributed by atoms with Gasteiger partial charge in [-0.25, -0.2) is 4.98 Å². The molecule has 2 fully saturated rings. The van der Waals surface area contributed by atoms with Gasteiger partial charge in [0.15, 0.2) is 0 Å². The molecule has 0 atom stereocenters. The van der Waals surface area contributed by atoms with Crippen LogP contribution in [0.4, 0.5) is 11.6 Å². The van der Waals surface area contributed by atoms with E-state index in [9.17, 15) is 4.79 Å². The second-order valence-corrected chi connectivity index (χ2v) is 8.03. The van der Waals surface area contributed by atoms with Gasteiger partial charge in [-0.1, -0.05) is 30.3 Å². The number of hydrogen-bond donors (Lipinski definition) is 0. The third-order valence-corrected chi connectivity index (χ3v) is 5.84. The molecule has 0 unspecified atom stereocenters. The summed E-state index contributed by atoms with van der Waals surface area (Å²) in [6, 6.07) is 10.3. The summed E-state index contributed by atoms with van der Waals surface area (Å²) in [5, 5.41) is 0. The average molecular weight is 365 g/mol. The largest absolute Gasteiger partial charge is 0.361 e. The van der Waals surface area contributed by atoms with Crippen LogP contribution in [-0.2, 0) is 11.3 Å². The van der Waals surface area contributed by atoms with Crippen LogP contribution in [0, 0.1) is 5.41 Å². The molecule has 3 heterocycles.